The van der Waals surface area contributed by atoms with Crippen molar-refractivity contribution < 1.29 is 66.0 Å². The van der Waals surface area contributed by atoms with Crippen LogP contribution in [0.5, 0.6) is 0 Å². The van der Waals surface area contributed by atoms with Gasteiger partial charge in [0.1, 0.15) is 61.0 Å². The van der Waals surface area contributed by atoms with Crippen molar-refractivity contribution in [1.29, 1.82) is 0 Å². The summed E-state index contributed by atoms with van der Waals surface area (Å²) in [5.41, 5.74) is 0. The van der Waals surface area contributed by atoms with Crippen LogP contribution in [0.15, 0.2) is 0 Å². The molecule has 0 amide bonds. The van der Waals surface area contributed by atoms with Gasteiger partial charge in [-0.1, -0.05) is 0 Å². The highest BCUT2D eigenvalue weighted by atomic mass is 16.7. The number of ether oxygens (including phenoxy) is 1. The fourth-order valence-electron chi connectivity index (χ4n) is 2.98. The molecule has 0 bridgehead atoms. The van der Waals surface area contributed by atoms with Crippen LogP contribution < -0.4 is 0 Å². The van der Waals surface area contributed by atoms with Crippen molar-refractivity contribution in [2.75, 3.05) is 0 Å². The molecule has 25 heavy (non-hydrogen) atoms. The Bertz CT molecular complexity index is 414. The van der Waals surface area contributed by atoms with Crippen LogP contribution in [0.25, 0.3) is 0 Å². The highest BCUT2D eigenvalue weighted by molar-refractivity contribution is 5.09. The summed E-state index contributed by atoms with van der Waals surface area (Å²) in [4.78, 5) is 0. The summed E-state index contributed by atoms with van der Waals surface area (Å²) in [5.74, 6) is -6.92. The predicted molar refractivity (Wildman–Crippen MR) is 71.1 cm³/mol. The summed E-state index contributed by atoms with van der Waals surface area (Å²) in [6.45, 7) is 0. The maximum absolute atomic E-state index is 10.3. The van der Waals surface area contributed by atoms with Crippen molar-refractivity contribution in [2.45, 2.75) is 72.6 Å². The monoisotopic (exact) mass is 374 g/mol. The molecule has 12 N–H and O–H groups in total. The van der Waals surface area contributed by atoms with Gasteiger partial charge in [-0.15, -0.1) is 0 Å². The molecule has 0 radical (unpaired) electrons. The normalized spacial score (nSPS) is 60.5. The average Bonchev–Trinajstić information content (AvgIpc) is 2.59. The summed E-state index contributed by atoms with van der Waals surface area (Å²) in [7, 11) is 0. The standard InChI is InChI=1S/C12H22O13/c13-1-3(15)7(19)11(23,8(20)4(1)16)25-12(24)9(21)5(17)2(14)6(18)10(12)22/h1-10,13-24H/t1?,2?,3-,4+,5-,6+,7-,8-,9-,10-,11?,12?/m1/s1. The minimum atomic E-state index is -3.46. The van der Waals surface area contributed by atoms with Crippen molar-refractivity contribution >= 4 is 0 Å². The van der Waals surface area contributed by atoms with E-state index in [1.54, 1.807) is 0 Å². The topological polar surface area (TPSA) is 252 Å². The number of aliphatic hydroxyl groups excluding tert-OH is 10. The van der Waals surface area contributed by atoms with Gasteiger partial charge in [0.2, 0.25) is 11.6 Å². The van der Waals surface area contributed by atoms with E-state index >= 15 is 0 Å². The molecule has 0 heterocycles. The smallest absolute Gasteiger partial charge is 0.227 e. The summed E-state index contributed by atoms with van der Waals surface area (Å²) in [6.07, 6.45) is -23.6. The maximum Gasteiger partial charge on any atom is 0.227 e. The number of rotatable bonds is 2. The third-order valence-corrected chi connectivity index (χ3v) is 4.72. The van der Waals surface area contributed by atoms with E-state index in [1.165, 1.54) is 0 Å². The van der Waals surface area contributed by atoms with Crippen LogP contribution in [0.3, 0.4) is 0 Å². The highest BCUT2D eigenvalue weighted by Gasteiger charge is 2.67. The Morgan fingerprint density at radius 2 is 0.600 bits per heavy atom. The Morgan fingerprint density at radius 3 is 0.800 bits per heavy atom. The van der Waals surface area contributed by atoms with Gasteiger partial charge in [-0.3, -0.25) is 0 Å². The van der Waals surface area contributed by atoms with E-state index < -0.39 is 72.6 Å². The van der Waals surface area contributed by atoms with Crippen molar-refractivity contribution in [2.24, 2.45) is 0 Å². The molecule has 0 saturated heterocycles. The fraction of sp³-hybridized carbons (Fsp3) is 1.00. The first-order valence-electron chi connectivity index (χ1n) is 7.26. The lowest BCUT2D eigenvalue weighted by Gasteiger charge is -2.53. The molecule has 4 unspecified atom stereocenters. The second-order valence-electron chi connectivity index (χ2n) is 6.33. The molecule has 13 nitrogen and oxygen atoms in total. The largest absolute Gasteiger partial charge is 0.387 e. The van der Waals surface area contributed by atoms with Gasteiger partial charge in [0.25, 0.3) is 0 Å². The first-order valence-corrected chi connectivity index (χ1v) is 7.26. The zero-order valence-electron chi connectivity index (χ0n) is 12.5. The van der Waals surface area contributed by atoms with Crippen molar-refractivity contribution in [1.82, 2.24) is 0 Å². The fourth-order valence-corrected chi connectivity index (χ4v) is 2.98. The van der Waals surface area contributed by atoms with Crippen LogP contribution >= 0.6 is 0 Å². The maximum atomic E-state index is 10.3. The van der Waals surface area contributed by atoms with Crippen molar-refractivity contribution in [3.63, 3.8) is 0 Å². The lowest BCUT2D eigenvalue weighted by molar-refractivity contribution is -0.460. The van der Waals surface area contributed by atoms with Gasteiger partial charge >= 0.3 is 0 Å². The molecule has 0 aliphatic heterocycles. The van der Waals surface area contributed by atoms with Gasteiger partial charge in [0, 0.05) is 0 Å². The van der Waals surface area contributed by atoms with E-state index in [4.69, 9.17) is 0 Å². The molecular formula is C12H22O13. The summed E-state index contributed by atoms with van der Waals surface area (Å²) >= 11 is 0. The number of aliphatic hydroxyl groups is 12. The Kier molecular flexibility index (Phi) is 5.47. The van der Waals surface area contributed by atoms with Gasteiger partial charge in [0.15, 0.2) is 0 Å². The molecule has 2 rings (SSSR count). The predicted octanol–water partition coefficient (Wildman–Crippen LogP) is -7.98. The minimum Gasteiger partial charge on any atom is -0.387 e. The highest BCUT2D eigenvalue weighted by Crippen LogP contribution is 2.39. The SMILES string of the molecule is OC1[C@@H](O)[C@@H](O)C(O)(OC2(O)[C@H](O)[C@H](O)C(O)[C@H](O)[C@H]2O)[C@H](O)[C@H]1O. The van der Waals surface area contributed by atoms with E-state index in [0.29, 0.717) is 0 Å². The first kappa shape index (κ1) is 20.8. The molecule has 2 fully saturated rings. The Hall–Kier alpha value is -0.520. The van der Waals surface area contributed by atoms with Crippen molar-refractivity contribution in [3.8, 4) is 0 Å². The molecular weight excluding hydrogens is 352 g/mol. The molecule has 13 heteroatoms. The molecule has 0 aromatic rings. The average molecular weight is 374 g/mol. The number of hydrogen-bond donors (Lipinski definition) is 12. The second kappa shape index (κ2) is 6.58. The van der Waals surface area contributed by atoms with E-state index in [9.17, 15) is 61.3 Å². The van der Waals surface area contributed by atoms with Crippen LogP contribution in [0.2, 0.25) is 0 Å². The van der Waals surface area contributed by atoms with Gasteiger partial charge in [-0.2, -0.15) is 0 Å². The van der Waals surface area contributed by atoms with E-state index in [0.717, 1.165) is 0 Å². The molecule has 148 valence electrons. The zero-order valence-corrected chi connectivity index (χ0v) is 12.5. The van der Waals surface area contributed by atoms with Crippen LogP contribution in [-0.4, -0.2) is 134 Å². The molecule has 0 aromatic heterocycles. The molecule has 2 saturated carbocycles. The summed E-state index contributed by atoms with van der Waals surface area (Å²) < 4.78 is 4.58. The van der Waals surface area contributed by atoms with Gasteiger partial charge in [0.05, 0.1) is 0 Å². The van der Waals surface area contributed by atoms with Gasteiger partial charge < -0.3 is 66.0 Å². The second-order valence-corrected chi connectivity index (χ2v) is 6.33. The molecule has 2 aliphatic carbocycles. The minimum absolute atomic E-state index is 2.12. The molecule has 2 aliphatic rings. The molecule has 0 spiro atoms. The quantitative estimate of drug-likeness (QED) is 0.201. The Labute approximate surface area is 139 Å². The third kappa shape index (κ3) is 2.87. The first-order chi connectivity index (χ1) is 11.3. The van der Waals surface area contributed by atoms with Gasteiger partial charge in [-0.05, 0) is 0 Å². The van der Waals surface area contributed by atoms with Crippen LogP contribution in [0.1, 0.15) is 0 Å². The van der Waals surface area contributed by atoms with Crippen LogP contribution in [-0.2, 0) is 4.74 Å². The van der Waals surface area contributed by atoms with E-state index in [1.807, 2.05) is 0 Å². The Morgan fingerprint density at radius 1 is 0.400 bits per heavy atom. The van der Waals surface area contributed by atoms with Gasteiger partial charge in [-0.25, -0.2) is 0 Å². The van der Waals surface area contributed by atoms with Crippen LogP contribution in [0.4, 0.5) is 0 Å². The third-order valence-electron chi connectivity index (χ3n) is 4.72. The molecule has 0 aromatic carbocycles. The van der Waals surface area contributed by atoms with E-state index in [2.05, 4.69) is 4.74 Å². The number of hydrogen-bond acceptors (Lipinski definition) is 13. The molecule has 12 atom stereocenters. The Balaban J connectivity index is 2.40. The summed E-state index contributed by atoms with van der Waals surface area (Å²) in [6, 6.07) is 0. The van der Waals surface area contributed by atoms with Crippen molar-refractivity contribution in [3.05, 3.63) is 0 Å². The van der Waals surface area contributed by atoms with E-state index in [-0.39, 0.29) is 0 Å². The lowest BCUT2D eigenvalue weighted by Crippen LogP contribution is -2.78. The zero-order chi connectivity index (χ0) is 19.5. The van der Waals surface area contributed by atoms with Crippen LogP contribution in [0, 0.1) is 0 Å². The summed E-state index contributed by atoms with van der Waals surface area (Å²) in [5, 5.41) is 117. The lowest BCUT2D eigenvalue weighted by atomic mass is 9.79.